The minimum Gasteiger partial charge on any atom is -0.493 e. The number of hydrogen-bond donors (Lipinski definition) is 3. The average Bonchev–Trinajstić information content (AvgIpc) is 2.92. The van der Waals surface area contributed by atoms with E-state index in [1.165, 1.54) is 13.3 Å². The molecule has 1 aromatic carbocycles. The molecule has 1 heterocycles. The summed E-state index contributed by atoms with van der Waals surface area (Å²) in [6.07, 6.45) is 1.19. The summed E-state index contributed by atoms with van der Waals surface area (Å²) < 4.78 is 10.5. The number of amides is 1. The number of ether oxygens (including phenoxy) is 2. The first-order valence-corrected chi connectivity index (χ1v) is 8.13. The van der Waals surface area contributed by atoms with Gasteiger partial charge in [0.05, 0.1) is 26.4 Å². The molecule has 1 saturated heterocycles. The molecule has 3 N–H and O–H groups in total. The number of methoxy groups -OCH3 is 1. The lowest BCUT2D eigenvalue weighted by Gasteiger charge is -2.09. The number of nitrogens with zero attached hydrogens (tertiary/aromatic N) is 2. The number of aliphatic hydroxyl groups excluding tert-OH is 1. The lowest BCUT2D eigenvalue weighted by atomic mass is 10.2. The van der Waals surface area contributed by atoms with Crippen molar-refractivity contribution in [3.05, 3.63) is 23.8 Å². The number of benzene rings is 1. The van der Waals surface area contributed by atoms with E-state index in [1.807, 2.05) is 0 Å². The molecule has 9 nitrogen and oxygen atoms in total. The molecule has 1 fully saturated rings. The third-order valence-corrected chi connectivity index (χ3v) is 4.10. The first-order chi connectivity index (χ1) is 12.0. The van der Waals surface area contributed by atoms with Crippen LogP contribution in [0.1, 0.15) is 12.0 Å². The predicted molar refractivity (Wildman–Crippen MR) is 92.4 cm³/mol. The highest BCUT2D eigenvalue weighted by atomic mass is 32.2. The molecule has 134 valence electrons. The van der Waals surface area contributed by atoms with Crippen molar-refractivity contribution in [1.29, 1.82) is 0 Å². The fourth-order valence-electron chi connectivity index (χ4n) is 1.93. The van der Waals surface area contributed by atoms with Gasteiger partial charge in [-0.2, -0.15) is 5.10 Å². The lowest BCUT2D eigenvalue weighted by Crippen LogP contribution is -2.26. The second-order valence-corrected chi connectivity index (χ2v) is 6.02. The summed E-state index contributed by atoms with van der Waals surface area (Å²) in [4.78, 5) is 22.2. The van der Waals surface area contributed by atoms with Crippen LogP contribution in [0.3, 0.4) is 0 Å². The molecule has 0 spiro atoms. The SMILES string of the molecule is COc1cc(C=NN=C2NC(=O)C(CC(=O)O)S2)ccc1OCCO. The van der Waals surface area contributed by atoms with Gasteiger partial charge in [-0.15, -0.1) is 5.10 Å². The van der Waals surface area contributed by atoms with Crippen LogP contribution in [0.2, 0.25) is 0 Å². The second-order valence-electron chi connectivity index (χ2n) is 4.83. The number of thioether (sulfide) groups is 1. The topological polar surface area (TPSA) is 130 Å². The van der Waals surface area contributed by atoms with Crippen molar-refractivity contribution in [2.45, 2.75) is 11.7 Å². The molecular formula is C15H17N3O6S. The monoisotopic (exact) mass is 367 g/mol. The molecule has 0 bridgehead atoms. The first-order valence-electron chi connectivity index (χ1n) is 7.25. The Kier molecular flexibility index (Phi) is 6.78. The highest BCUT2D eigenvalue weighted by Gasteiger charge is 2.32. The summed E-state index contributed by atoms with van der Waals surface area (Å²) in [5.74, 6) is -0.466. The molecule has 0 radical (unpaired) electrons. The van der Waals surface area contributed by atoms with Crippen LogP contribution in [0.25, 0.3) is 0 Å². The molecule has 10 heteroatoms. The third-order valence-electron chi connectivity index (χ3n) is 3.03. The number of amidine groups is 1. The van der Waals surface area contributed by atoms with Gasteiger partial charge >= 0.3 is 5.97 Å². The number of rotatable bonds is 8. The van der Waals surface area contributed by atoms with Gasteiger partial charge < -0.3 is 25.0 Å². The molecule has 25 heavy (non-hydrogen) atoms. The van der Waals surface area contributed by atoms with Gasteiger partial charge in [0.25, 0.3) is 0 Å². The zero-order valence-electron chi connectivity index (χ0n) is 13.3. The predicted octanol–water partition coefficient (Wildman–Crippen LogP) is 0.462. The van der Waals surface area contributed by atoms with E-state index in [0.717, 1.165) is 11.8 Å². The Balaban J connectivity index is 2.02. The number of nitrogens with one attached hydrogen (secondary N) is 1. The molecule has 1 amide bonds. The van der Waals surface area contributed by atoms with Crippen LogP contribution in [0.4, 0.5) is 0 Å². The Bertz CT molecular complexity index is 707. The second kappa shape index (κ2) is 9.04. The van der Waals surface area contributed by atoms with E-state index >= 15 is 0 Å². The maximum atomic E-state index is 11.6. The zero-order chi connectivity index (χ0) is 18.2. The largest absolute Gasteiger partial charge is 0.493 e. The number of carboxylic acids is 1. The number of aliphatic hydroxyl groups is 1. The Morgan fingerprint density at radius 2 is 2.24 bits per heavy atom. The van der Waals surface area contributed by atoms with Crippen molar-refractivity contribution in [3.8, 4) is 11.5 Å². The summed E-state index contributed by atoms with van der Waals surface area (Å²) in [5.41, 5.74) is 0.689. The molecule has 0 aromatic heterocycles. The minimum atomic E-state index is -1.05. The van der Waals surface area contributed by atoms with Crippen molar-refractivity contribution in [2.24, 2.45) is 10.2 Å². The summed E-state index contributed by atoms with van der Waals surface area (Å²) in [6.45, 7) is 0.0575. The lowest BCUT2D eigenvalue weighted by molar-refractivity contribution is -0.138. The van der Waals surface area contributed by atoms with E-state index in [4.69, 9.17) is 19.7 Å². The van der Waals surface area contributed by atoms with Crippen molar-refractivity contribution in [3.63, 3.8) is 0 Å². The quantitative estimate of drug-likeness (QED) is 0.449. The number of carbonyl (C=O) groups excluding carboxylic acids is 1. The van der Waals surface area contributed by atoms with Gasteiger partial charge in [0.15, 0.2) is 16.7 Å². The van der Waals surface area contributed by atoms with Gasteiger partial charge in [-0.3, -0.25) is 9.59 Å². The average molecular weight is 367 g/mol. The smallest absolute Gasteiger partial charge is 0.305 e. The zero-order valence-corrected chi connectivity index (χ0v) is 14.2. The van der Waals surface area contributed by atoms with Crippen LogP contribution in [-0.4, -0.2) is 59.0 Å². The van der Waals surface area contributed by atoms with Crippen molar-refractivity contribution in [1.82, 2.24) is 5.32 Å². The Morgan fingerprint density at radius 1 is 1.44 bits per heavy atom. The maximum Gasteiger partial charge on any atom is 0.305 e. The van der Waals surface area contributed by atoms with Crippen molar-refractivity contribution >= 4 is 35.0 Å². The molecule has 0 saturated carbocycles. The van der Waals surface area contributed by atoms with Crippen LogP contribution in [0.15, 0.2) is 28.4 Å². The van der Waals surface area contributed by atoms with E-state index < -0.39 is 17.1 Å². The van der Waals surface area contributed by atoms with Crippen molar-refractivity contribution in [2.75, 3.05) is 20.3 Å². The fourth-order valence-corrected chi connectivity index (χ4v) is 2.85. The van der Waals surface area contributed by atoms with Gasteiger partial charge in [-0.25, -0.2) is 0 Å². The van der Waals surface area contributed by atoms with Gasteiger partial charge in [-0.1, -0.05) is 11.8 Å². The molecule has 1 unspecified atom stereocenters. The minimum absolute atomic E-state index is 0.101. The van der Waals surface area contributed by atoms with Gasteiger partial charge in [-0.05, 0) is 23.8 Å². The molecule has 0 aliphatic carbocycles. The summed E-state index contributed by atoms with van der Waals surface area (Å²) >= 11 is 1.03. The van der Waals surface area contributed by atoms with Gasteiger partial charge in [0, 0.05) is 0 Å². The summed E-state index contributed by atoms with van der Waals surface area (Å²) in [6, 6.07) is 5.09. The number of carbonyl (C=O) groups is 2. The molecule has 1 aromatic rings. The maximum absolute atomic E-state index is 11.6. The van der Waals surface area contributed by atoms with E-state index in [9.17, 15) is 9.59 Å². The Morgan fingerprint density at radius 3 is 2.92 bits per heavy atom. The van der Waals surface area contributed by atoms with Crippen LogP contribution in [-0.2, 0) is 9.59 Å². The molecule has 1 aliphatic heterocycles. The van der Waals surface area contributed by atoms with E-state index in [1.54, 1.807) is 18.2 Å². The number of hydrogen-bond acceptors (Lipinski definition) is 8. The van der Waals surface area contributed by atoms with Gasteiger partial charge in [0.2, 0.25) is 5.91 Å². The Labute approximate surface area is 147 Å². The molecule has 2 rings (SSSR count). The Hall–Kier alpha value is -2.59. The van der Waals surface area contributed by atoms with Crippen LogP contribution >= 0.6 is 11.8 Å². The van der Waals surface area contributed by atoms with Crippen LogP contribution < -0.4 is 14.8 Å². The third kappa shape index (κ3) is 5.47. The summed E-state index contributed by atoms with van der Waals surface area (Å²) in [7, 11) is 1.50. The summed E-state index contributed by atoms with van der Waals surface area (Å²) in [5, 5.41) is 27.3. The van der Waals surface area contributed by atoms with E-state index in [-0.39, 0.29) is 24.8 Å². The molecule has 1 aliphatic rings. The van der Waals surface area contributed by atoms with E-state index in [2.05, 4.69) is 15.5 Å². The number of carboxylic acid groups (broad SMARTS) is 1. The van der Waals surface area contributed by atoms with Crippen LogP contribution in [0.5, 0.6) is 11.5 Å². The first kappa shape index (κ1) is 18.7. The highest BCUT2D eigenvalue weighted by Crippen LogP contribution is 2.27. The van der Waals surface area contributed by atoms with Crippen molar-refractivity contribution < 1.29 is 29.3 Å². The van der Waals surface area contributed by atoms with Gasteiger partial charge in [0.1, 0.15) is 11.9 Å². The number of aliphatic carboxylic acids is 1. The highest BCUT2D eigenvalue weighted by molar-refractivity contribution is 8.15. The van der Waals surface area contributed by atoms with E-state index in [0.29, 0.717) is 17.1 Å². The normalized spacial score (nSPS) is 18.6. The molecular weight excluding hydrogens is 350 g/mol. The van der Waals surface area contributed by atoms with Crippen LogP contribution in [0, 0.1) is 0 Å². The standard InChI is InChI=1S/C15H17N3O6S/c1-23-11-6-9(2-3-10(11)24-5-4-19)8-16-18-15-17-14(22)12(25-15)7-13(20)21/h2-3,6,8,12,19H,4-5,7H2,1H3,(H,20,21)(H,17,18,22). The molecule has 1 atom stereocenters. The fraction of sp³-hybridized carbons (Fsp3) is 0.333.